The molecular formula is C23H27ClN4O2S. The summed E-state index contributed by atoms with van der Waals surface area (Å²) in [4.78, 5) is 12.3. The Kier molecular flexibility index (Phi) is 8.37. The molecular weight excluding hydrogens is 432 g/mol. The first-order chi connectivity index (χ1) is 15.0. The van der Waals surface area contributed by atoms with Crippen molar-refractivity contribution in [3.05, 3.63) is 70.5 Å². The number of carbonyl (C=O) groups excluding carboxylic acids is 1. The lowest BCUT2D eigenvalue weighted by Crippen LogP contribution is -2.24. The summed E-state index contributed by atoms with van der Waals surface area (Å²) in [6.45, 7) is 7.26. The van der Waals surface area contributed by atoms with Crippen LogP contribution in [0.1, 0.15) is 43.8 Å². The smallest absolute Gasteiger partial charge is 0.230 e. The topological polar surface area (TPSA) is 69.0 Å². The first-order valence-corrected chi connectivity index (χ1v) is 11.7. The summed E-state index contributed by atoms with van der Waals surface area (Å²) in [7, 11) is 0. The van der Waals surface area contributed by atoms with Crippen LogP contribution < -0.4 is 10.1 Å². The van der Waals surface area contributed by atoms with Crippen molar-refractivity contribution in [1.29, 1.82) is 0 Å². The van der Waals surface area contributed by atoms with Crippen LogP contribution in [-0.2, 0) is 24.3 Å². The van der Waals surface area contributed by atoms with Crippen LogP contribution in [0.2, 0.25) is 5.02 Å². The second kappa shape index (κ2) is 11.2. The van der Waals surface area contributed by atoms with E-state index in [1.807, 2.05) is 54.8 Å². The molecule has 1 heterocycles. The van der Waals surface area contributed by atoms with Gasteiger partial charge >= 0.3 is 0 Å². The van der Waals surface area contributed by atoms with E-state index in [0.29, 0.717) is 23.3 Å². The summed E-state index contributed by atoms with van der Waals surface area (Å²) < 4.78 is 8.04. The van der Waals surface area contributed by atoms with Gasteiger partial charge in [-0.25, -0.2) is 0 Å². The number of aryl methyl sites for hydroxylation is 1. The van der Waals surface area contributed by atoms with Crippen LogP contribution in [0.15, 0.2) is 53.7 Å². The van der Waals surface area contributed by atoms with E-state index in [2.05, 4.69) is 34.6 Å². The number of halogens is 1. The number of aromatic nitrogens is 3. The van der Waals surface area contributed by atoms with E-state index in [9.17, 15) is 4.79 Å². The number of rotatable bonds is 10. The minimum atomic E-state index is -0.256. The van der Waals surface area contributed by atoms with Gasteiger partial charge in [0.15, 0.2) is 17.1 Å². The number of ether oxygens (including phenoxy) is 1. The molecule has 0 saturated carbocycles. The number of thioether (sulfide) groups is 1. The Morgan fingerprint density at radius 3 is 2.42 bits per heavy atom. The van der Waals surface area contributed by atoms with Gasteiger partial charge in [0.25, 0.3) is 0 Å². The molecule has 2 aromatic carbocycles. The number of hydrogen-bond acceptors (Lipinski definition) is 5. The fourth-order valence-electron chi connectivity index (χ4n) is 3.05. The Balaban J connectivity index is 1.55. The third-order valence-electron chi connectivity index (χ3n) is 4.81. The fourth-order valence-corrected chi connectivity index (χ4v) is 4.01. The molecule has 8 heteroatoms. The highest BCUT2D eigenvalue weighted by Crippen LogP contribution is 2.25. The lowest BCUT2D eigenvalue weighted by atomic mass is 10.2. The SMILES string of the molecule is CCc1ccc(OC(C)c2nnc(SCC(=O)NCc3ccc(Cl)cc3)n2CC)cc1. The second-order valence-corrected chi connectivity index (χ2v) is 8.41. The molecule has 1 amide bonds. The van der Waals surface area contributed by atoms with Crippen molar-refractivity contribution in [3.63, 3.8) is 0 Å². The van der Waals surface area contributed by atoms with Crippen LogP contribution in [0.4, 0.5) is 0 Å². The molecule has 1 aromatic heterocycles. The highest BCUT2D eigenvalue weighted by Gasteiger charge is 2.19. The first-order valence-electron chi connectivity index (χ1n) is 10.3. The lowest BCUT2D eigenvalue weighted by molar-refractivity contribution is -0.118. The van der Waals surface area contributed by atoms with Crippen LogP contribution >= 0.6 is 23.4 Å². The number of nitrogens with zero attached hydrogens (tertiary/aromatic N) is 3. The molecule has 0 aliphatic heterocycles. The van der Waals surface area contributed by atoms with Crippen molar-refractivity contribution in [3.8, 4) is 5.75 Å². The van der Waals surface area contributed by atoms with Gasteiger partial charge in [0.1, 0.15) is 5.75 Å². The van der Waals surface area contributed by atoms with Crippen LogP contribution in [0.5, 0.6) is 5.75 Å². The summed E-state index contributed by atoms with van der Waals surface area (Å²) in [6, 6.07) is 15.5. The molecule has 1 atom stereocenters. The van der Waals surface area contributed by atoms with Gasteiger partial charge in [-0.2, -0.15) is 0 Å². The largest absolute Gasteiger partial charge is 0.483 e. The maximum Gasteiger partial charge on any atom is 0.230 e. The molecule has 0 fully saturated rings. The molecule has 1 N–H and O–H groups in total. The van der Waals surface area contributed by atoms with Crippen LogP contribution in [0.3, 0.4) is 0 Å². The Bertz CT molecular complexity index is 990. The van der Waals surface area contributed by atoms with Crippen molar-refractivity contribution in [2.45, 2.75) is 51.5 Å². The van der Waals surface area contributed by atoms with E-state index in [1.54, 1.807) is 0 Å². The summed E-state index contributed by atoms with van der Waals surface area (Å²) in [5.74, 6) is 1.74. The Hall–Kier alpha value is -2.51. The minimum absolute atomic E-state index is 0.0625. The van der Waals surface area contributed by atoms with Gasteiger partial charge in [0, 0.05) is 18.1 Å². The maximum absolute atomic E-state index is 12.3. The van der Waals surface area contributed by atoms with Gasteiger partial charge in [0.05, 0.1) is 5.75 Å². The Morgan fingerprint density at radius 2 is 1.77 bits per heavy atom. The zero-order valence-corrected chi connectivity index (χ0v) is 19.5. The van der Waals surface area contributed by atoms with Crippen LogP contribution in [-0.4, -0.2) is 26.4 Å². The zero-order valence-electron chi connectivity index (χ0n) is 18.0. The molecule has 0 bridgehead atoms. The average molecular weight is 459 g/mol. The Morgan fingerprint density at radius 1 is 1.10 bits per heavy atom. The summed E-state index contributed by atoms with van der Waals surface area (Å²) >= 11 is 7.25. The summed E-state index contributed by atoms with van der Waals surface area (Å²) in [5, 5.41) is 12.9. The van der Waals surface area contributed by atoms with Gasteiger partial charge in [-0.1, -0.05) is 54.6 Å². The summed E-state index contributed by atoms with van der Waals surface area (Å²) in [6.07, 6.45) is 0.737. The third-order valence-corrected chi connectivity index (χ3v) is 6.02. The average Bonchev–Trinajstić information content (AvgIpc) is 3.21. The standard InChI is InChI=1S/C23H27ClN4O2S/c1-4-17-8-12-20(13-9-17)30-16(3)22-26-27-23(28(22)5-2)31-15-21(29)25-14-18-6-10-19(24)11-7-18/h6-13,16H,4-5,14-15H2,1-3H3,(H,25,29). The summed E-state index contributed by atoms with van der Waals surface area (Å²) in [5.41, 5.74) is 2.27. The molecule has 3 rings (SSSR count). The number of hydrogen-bond donors (Lipinski definition) is 1. The lowest BCUT2D eigenvalue weighted by Gasteiger charge is -2.16. The van der Waals surface area contributed by atoms with E-state index < -0.39 is 0 Å². The van der Waals surface area contributed by atoms with Gasteiger partial charge in [0.2, 0.25) is 5.91 Å². The third kappa shape index (κ3) is 6.48. The van der Waals surface area contributed by atoms with Crippen molar-refractivity contribution in [1.82, 2.24) is 20.1 Å². The van der Waals surface area contributed by atoms with Crippen LogP contribution in [0.25, 0.3) is 0 Å². The first kappa shape index (κ1) is 23.2. The van der Waals surface area contributed by atoms with E-state index in [4.69, 9.17) is 16.3 Å². The van der Waals surface area contributed by atoms with Crippen molar-refractivity contribution in [2.75, 3.05) is 5.75 Å². The normalized spacial score (nSPS) is 11.9. The second-order valence-electron chi connectivity index (χ2n) is 7.03. The minimum Gasteiger partial charge on any atom is -0.483 e. The van der Waals surface area contributed by atoms with Gasteiger partial charge in [-0.15, -0.1) is 10.2 Å². The molecule has 1 unspecified atom stereocenters. The van der Waals surface area contributed by atoms with Gasteiger partial charge in [-0.3, -0.25) is 4.79 Å². The molecule has 0 spiro atoms. The molecule has 0 aliphatic rings. The number of carbonyl (C=O) groups is 1. The quantitative estimate of drug-likeness (QED) is 0.430. The van der Waals surface area contributed by atoms with E-state index in [-0.39, 0.29) is 17.8 Å². The molecule has 3 aromatic rings. The molecule has 0 radical (unpaired) electrons. The van der Waals surface area contributed by atoms with Crippen LogP contribution in [0, 0.1) is 0 Å². The van der Waals surface area contributed by atoms with Gasteiger partial charge < -0.3 is 14.6 Å². The Labute approximate surface area is 192 Å². The molecule has 0 saturated heterocycles. The highest BCUT2D eigenvalue weighted by molar-refractivity contribution is 7.99. The highest BCUT2D eigenvalue weighted by atomic mass is 35.5. The molecule has 6 nitrogen and oxygen atoms in total. The number of amides is 1. The zero-order chi connectivity index (χ0) is 22.2. The van der Waals surface area contributed by atoms with Crippen molar-refractivity contribution < 1.29 is 9.53 Å². The molecule has 0 aliphatic carbocycles. The molecule has 164 valence electrons. The van der Waals surface area contributed by atoms with Gasteiger partial charge in [-0.05, 0) is 55.7 Å². The van der Waals surface area contributed by atoms with E-state index >= 15 is 0 Å². The van der Waals surface area contributed by atoms with Crippen molar-refractivity contribution >= 4 is 29.3 Å². The number of benzene rings is 2. The predicted molar refractivity (Wildman–Crippen MR) is 125 cm³/mol. The molecule has 31 heavy (non-hydrogen) atoms. The monoisotopic (exact) mass is 458 g/mol. The van der Waals surface area contributed by atoms with E-state index in [1.165, 1.54) is 17.3 Å². The maximum atomic E-state index is 12.3. The predicted octanol–water partition coefficient (Wildman–Crippen LogP) is 5.06. The van der Waals surface area contributed by atoms with E-state index in [0.717, 1.165) is 23.6 Å². The number of nitrogens with one attached hydrogen (secondary N) is 1. The van der Waals surface area contributed by atoms with Crippen molar-refractivity contribution in [2.24, 2.45) is 0 Å². The fraction of sp³-hybridized carbons (Fsp3) is 0.348.